The molecule has 7 aliphatic heterocycles. The highest BCUT2D eigenvalue weighted by atomic mass is 16.8. The molecular formula is C88H118O59. The van der Waals surface area contributed by atoms with Gasteiger partial charge in [-0.2, -0.15) is 0 Å². The standard InChI is InChI=1S/C88H118O59/c1-31(89)112-24-54-61(119-38(8)96)68(120-39(9)97)76(128-47(17)105)83(136-54)143-63-56(26-114-33(3)91)138-85(78(130-49(19)107)70(63)122-41(11)99)145-65-58(28-116-35(5)93)140-87(80(132-51(21)109)72(65)124-43(13)101)147-67-60(30-118-37(7)95)141-88(81(133-52(22)110)74(67)126-45(15)103)146-66-59(29-117-36(6)94)139-86(79(131-50(20)108)73(66)125-44(14)102)144-64-57(27-115-34(4)92)137-84(77(129-48(18)106)71(64)123-42(12)100)142-62-55(25-113-32(2)90)135-82(134-53(23)111)75(127-46(16)104)69(62)121-40(10)98/h54-88H,24-30H2,1-23H3/t54-,55-,56-,57-,58-,59-,60-,61-,62-,63-,64-,65-,66-,67-,68+,69+,70+,71+,72+,73-,74+,75-,76-,77-,78-,79-,80-,81-,82+,83-,84-,85-,86-,87-,88-/m1/s1. The van der Waals surface area contributed by atoms with Gasteiger partial charge in [-0.05, 0) is 0 Å². The Morgan fingerprint density at radius 2 is 0.224 bits per heavy atom. The Labute approximate surface area is 835 Å². The maximum Gasteiger partial charge on any atom is 0.305 e. The van der Waals surface area contributed by atoms with Gasteiger partial charge in [0.15, 0.2) is 123 Å². The van der Waals surface area contributed by atoms with Crippen LogP contribution in [0.4, 0.5) is 0 Å². The van der Waals surface area contributed by atoms with Crippen molar-refractivity contribution >= 4 is 137 Å². The molecule has 0 aliphatic carbocycles. The molecule has 7 aliphatic rings. The van der Waals surface area contributed by atoms with Crippen LogP contribution in [0.1, 0.15) is 159 Å². The van der Waals surface area contributed by atoms with Gasteiger partial charge in [-0.15, -0.1) is 0 Å². The van der Waals surface area contributed by atoms with Crippen LogP contribution in [-0.2, 0) is 281 Å². The fourth-order valence-electron chi connectivity index (χ4n) is 16.1. The van der Waals surface area contributed by atoms with Gasteiger partial charge in [-0.1, -0.05) is 0 Å². The highest BCUT2D eigenvalue weighted by molar-refractivity contribution is 5.74. The number of carbonyl (C=O) groups excluding carboxylic acids is 23. The van der Waals surface area contributed by atoms with E-state index in [1.165, 1.54) is 0 Å². The molecule has 0 spiro atoms. The van der Waals surface area contributed by atoms with E-state index in [1.807, 2.05) is 0 Å². The van der Waals surface area contributed by atoms with E-state index in [2.05, 4.69) is 0 Å². The molecule has 0 aromatic rings. The van der Waals surface area contributed by atoms with Gasteiger partial charge in [-0.25, -0.2) is 0 Å². The van der Waals surface area contributed by atoms with E-state index in [9.17, 15) is 110 Å². The molecule has 59 nitrogen and oxygen atoms in total. The first-order valence-electron chi connectivity index (χ1n) is 45.0. The quantitative estimate of drug-likeness (QED) is 0.0430. The molecule has 0 aromatic carbocycles. The van der Waals surface area contributed by atoms with Gasteiger partial charge in [-0.3, -0.25) is 110 Å². The molecule has 59 heteroatoms. The Morgan fingerprint density at radius 1 is 0.122 bits per heavy atom. The van der Waals surface area contributed by atoms with Gasteiger partial charge in [0.05, 0.1) is 0 Å². The van der Waals surface area contributed by atoms with Gasteiger partial charge >= 0.3 is 137 Å². The lowest BCUT2D eigenvalue weighted by molar-refractivity contribution is -0.398. The van der Waals surface area contributed by atoms with E-state index in [1.54, 1.807) is 0 Å². The third kappa shape index (κ3) is 36.7. The fraction of sp³-hybridized carbons (Fsp3) is 0.739. The summed E-state index contributed by atoms with van der Waals surface area (Å²) in [7, 11) is 0. The normalized spacial score (nSPS) is 32.8. The summed E-state index contributed by atoms with van der Waals surface area (Å²) in [5.74, 6) is -27.1. The van der Waals surface area contributed by atoms with E-state index in [4.69, 9.17) is 171 Å². The van der Waals surface area contributed by atoms with Gasteiger partial charge in [0, 0.05) is 159 Å². The lowest BCUT2D eigenvalue weighted by atomic mass is 9.94. The summed E-state index contributed by atoms with van der Waals surface area (Å²) in [6, 6.07) is 0. The molecule has 7 heterocycles. The molecule has 0 amide bonds. The molecule has 0 bridgehead atoms. The summed E-state index contributed by atoms with van der Waals surface area (Å²) in [6.45, 7) is 12.4. The van der Waals surface area contributed by atoms with Gasteiger partial charge in [0.2, 0.25) is 12.4 Å². The van der Waals surface area contributed by atoms with Gasteiger partial charge in [0.25, 0.3) is 0 Å². The van der Waals surface area contributed by atoms with E-state index < -0.39 is 398 Å². The van der Waals surface area contributed by atoms with Crippen molar-refractivity contribution in [3.63, 3.8) is 0 Å². The van der Waals surface area contributed by atoms with Gasteiger partial charge in [0.1, 0.15) is 126 Å². The zero-order valence-electron chi connectivity index (χ0n) is 83.7. The van der Waals surface area contributed by atoms with Crippen LogP contribution in [0.3, 0.4) is 0 Å². The van der Waals surface area contributed by atoms with Crippen molar-refractivity contribution in [2.24, 2.45) is 0 Å². The maximum absolute atomic E-state index is 14.0. The predicted octanol–water partition coefficient (Wildman–Crippen LogP) is -3.15. The van der Waals surface area contributed by atoms with Crippen molar-refractivity contribution in [3.05, 3.63) is 0 Å². The third-order valence-corrected chi connectivity index (χ3v) is 20.9. The second kappa shape index (κ2) is 55.9. The predicted molar refractivity (Wildman–Crippen MR) is 451 cm³/mol. The van der Waals surface area contributed by atoms with Crippen molar-refractivity contribution in [3.8, 4) is 0 Å². The first-order chi connectivity index (χ1) is 68.8. The summed E-state index contributed by atoms with van der Waals surface area (Å²) < 4.78 is 214. The van der Waals surface area contributed by atoms with Crippen molar-refractivity contribution in [1.82, 2.24) is 0 Å². The second-order valence-corrected chi connectivity index (χ2v) is 33.2. The molecule has 7 fully saturated rings. The SMILES string of the molecule is CC(=O)OC[C@H]1O[C@H](O[C@H]2[C@H](OC(C)=O)[C@@H](OC(C)=O)[C@@H](O[C@H]3[C@H](OC(C)=O)[C@@H](OC(C)=O)[C@@H](O[C@H]4[C@H](OC(C)=O)[C@@H](OC(C)=O)[C@@H](O[C@H]5[C@@H](OC(C)=O)[C@@H](OC(C)=O)[C@@H](O[C@H]6[C@H](OC(C)=O)[C@@H](OC(C)=O)[C@@H](O[C@H]7[C@H](OC(C)=O)[C@@H](OC(C)=O)[C@@H](OC(C)=O)O[C@@H]7COC(C)=O)O[C@@H]6COC(C)=O)O[C@@H]5COC(C)=O)O[C@@H]4COC(C)=O)O[C@@H]3COC(C)=O)O[C@@H]2COC(C)=O)[C@H](OC(C)=O)[C@@H](OC(C)=O)[C@@H]1OC(C)=O. The first kappa shape index (κ1) is 121. The molecule has 0 N–H and O–H groups in total. The first-order valence-corrected chi connectivity index (χ1v) is 45.0. The minimum absolute atomic E-state index is 0.772. The summed E-state index contributed by atoms with van der Waals surface area (Å²) in [4.78, 5) is 306. The monoisotopic (exact) mass is 2120 g/mol. The summed E-state index contributed by atoms with van der Waals surface area (Å²) in [6.07, 6.45) is -77.1. The molecular weight excluding hydrogens is 2000 g/mol. The van der Waals surface area contributed by atoms with Crippen LogP contribution >= 0.6 is 0 Å². The number of rotatable bonds is 42. The molecule has 0 radical (unpaired) electrons. The molecule has 147 heavy (non-hydrogen) atoms. The van der Waals surface area contributed by atoms with Crippen molar-refractivity contribution in [1.29, 1.82) is 0 Å². The van der Waals surface area contributed by atoms with E-state index in [-0.39, 0.29) is 0 Å². The lowest BCUT2D eigenvalue weighted by Gasteiger charge is -2.52. The Morgan fingerprint density at radius 3 is 0.354 bits per heavy atom. The van der Waals surface area contributed by atoms with Crippen LogP contribution in [0.25, 0.3) is 0 Å². The van der Waals surface area contributed by atoms with Gasteiger partial charge < -0.3 is 171 Å². The highest BCUT2D eigenvalue weighted by Crippen LogP contribution is 2.45. The maximum atomic E-state index is 14.0. The molecule has 7 rings (SSSR count). The van der Waals surface area contributed by atoms with Crippen LogP contribution in [0.2, 0.25) is 0 Å². The molecule has 0 aromatic heterocycles. The minimum atomic E-state index is -2.51. The van der Waals surface area contributed by atoms with E-state index >= 15 is 0 Å². The average molecular weight is 2120 g/mol. The number of ether oxygens (including phenoxy) is 36. The molecule has 35 atom stereocenters. The average Bonchev–Trinajstić information content (AvgIpc) is 0.752. The van der Waals surface area contributed by atoms with Crippen molar-refractivity contribution in [2.45, 2.75) is 374 Å². The third-order valence-electron chi connectivity index (χ3n) is 20.9. The van der Waals surface area contributed by atoms with Crippen LogP contribution in [0, 0.1) is 0 Å². The number of carbonyl (C=O) groups is 23. The van der Waals surface area contributed by atoms with Crippen LogP contribution in [0.5, 0.6) is 0 Å². The largest absolute Gasteiger partial charge is 0.463 e. The van der Waals surface area contributed by atoms with Crippen molar-refractivity contribution < 1.29 is 281 Å². The van der Waals surface area contributed by atoms with E-state index in [0.29, 0.717) is 0 Å². The molecule has 7 saturated heterocycles. The summed E-state index contributed by atoms with van der Waals surface area (Å²) in [5, 5.41) is 0. The molecule has 824 valence electrons. The second-order valence-electron chi connectivity index (χ2n) is 33.2. The molecule has 0 saturated carbocycles. The molecule has 0 unspecified atom stereocenters. The highest BCUT2D eigenvalue weighted by Gasteiger charge is 2.66. The number of hydrogen-bond donors (Lipinski definition) is 0. The minimum Gasteiger partial charge on any atom is -0.463 e. The Hall–Kier alpha value is -12.7. The van der Waals surface area contributed by atoms with Crippen LogP contribution in [-0.4, -0.2) is 398 Å². The summed E-state index contributed by atoms with van der Waals surface area (Å²) >= 11 is 0. The van der Waals surface area contributed by atoms with Crippen molar-refractivity contribution in [2.75, 3.05) is 46.2 Å². The smallest absolute Gasteiger partial charge is 0.305 e. The topological polar surface area (TPSA) is 725 Å². The Kier molecular flexibility index (Phi) is 46.1. The van der Waals surface area contributed by atoms with E-state index in [0.717, 1.165) is 159 Å². The van der Waals surface area contributed by atoms with Crippen LogP contribution in [0.15, 0.2) is 0 Å². The Bertz CT molecular complexity index is 4650. The number of esters is 23. The zero-order chi connectivity index (χ0) is 110. The van der Waals surface area contributed by atoms with Crippen LogP contribution < -0.4 is 0 Å². The number of hydrogen-bond acceptors (Lipinski definition) is 59. The zero-order valence-corrected chi connectivity index (χ0v) is 83.7. The Balaban J connectivity index is 1.40. The fourth-order valence-corrected chi connectivity index (χ4v) is 16.1. The lowest BCUT2D eigenvalue weighted by Crippen LogP contribution is -2.70. The summed E-state index contributed by atoms with van der Waals surface area (Å²) in [5.41, 5.74) is 0.